The minimum absolute atomic E-state index is 0.150. The lowest BCUT2D eigenvalue weighted by Gasteiger charge is -2.38. The van der Waals surface area contributed by atoms with E-state index in [-0.39, 0.29) is 5.92 Å². The van der Waals surface area contributed by atoms with Crippen molar-refractivity contribution in [1.29, 1.82) is 0 Å². The Bertz CT molecular complexity index is 849. The van der Waals surface area contributed by atoms with Crippen LogP contribution in [-0.2, 0) is 12.1 Å². The molecule has 182 valence electrons. The molecule has 0 radical (unpaired) electrons. The molecule has 4 rings (SSSR count). The molecule has 0 amide bonds. The Morgan fingerprint density at radius 3 is 2.61 bits per heavy atom. The third-order valence-electron chi connectivity index (χ3n) is 7.62. The topological polar surface area (TPSA) is 49.5 Å². The van der Waals surface area contributed by atoms with Crippen molar-refractivity contribution < 1.29 is 9.52 Å². The van der Waals surface area contributed by atoms with Gasteiger partial charge in [-0.2, -0.15) is 11.8 Å². The van der Waals surface area contributed by atoms with Gasteiger partial charge in [0.1, 0.15) is 5.76 Å². The SMILES string of the molecule is CCC1CCN(Cc2cnc([C@](O)(c3ccccc3)C3CCCCC3)o2)C[C@@H]1SCC(C)C. The zero-order chi connectivity index (χ0) is 23.3. The van der Waals surface area contributed by atoms with Crippen LogP contribution in [0.4, 0.5) is 0 Å². The summed E-state index contributed by atoms with van der Waals surface area (Å²) in [6.45, 7) is 9.95. The van der Waals surface area contributed by atoms with E-state index in [0.717, 1.165) is 68.5 Å². The van der Waals surface area contributed by atoms with E-state index in [1.165, 1.54) is 25.0 Å². The van der Waals surface area contributed by atoms with Crippen molar-refractivity contribution in [2.45, 2.75) is 83.1 Å². The predicted molar refractivity (Wildman–Crippen MR) is 137 cm³/mol. The van der Waals surface area contributed by atoms with E-state index < -0.39 is 5.60 Å². The van der Waals surface area contributed by atoms with E-state index in [4.69, 9.17) is 4.42 Å². The molecule has 1 aromatic carbocycles. The highest BCUT2D eigenvalue weighted by Crippen LogP contribution is 2.43. The Balaban J connectivity index is 1.50. The Morgan fingerprint density at radius 2 is 1.91 bits per heavy atom. The second-order valence-corrected chi connectivity index (χ2v) is 11.8. The number of aromatic nitrogens is 1. The van der Waals surface area contributed by atoms with Crippen molar-refractivity contribution in [2.24, 2.45) is 17.8 Å². The first-order chi connectivity index (χ1) is 16.0. The molecule has 2 fully saturated rings. The Kier molecular flexibility index (Phi) is 8.59. The van der Waals surface area contributed by atoms with Gasteiger partial charge in [0.2, 0.25) is 5.89 Å². The smallest absolute Gasteiger partial charge is 0.231 e. The molecule has 1 saturated carbocycles. The highest BCUT2D eigenvalue weighted by atomic mass is 32.2. The summed E-state index contributed by atoms with van der Waals surface area (Å²) < 4.78 is 6.34. The second kappa shape index (κ2) is 11.4. The molecule has 1 aliphatic heterocycles. The molecule has 4 nitrogen and oxygen atoms in total. The van der Waals surface area contributed by atoms with Crippen LogP contribution in [0.15, 0.2) is 40.9 Å². The van der Waals surface area contributed by atoms with Gasteiger partial charge in [-0.05, 0) is 49.0 Å². The van der Waals surface area contributed by atoms with E-state index in [9.17, 15) is 5.11 Å². The summed E-state index contributed by atoms with van der Waals surface area (Å²) in [5, 5.41) is 12.7. The summed E-state index contributed by atoms with van der Waals surface area (Å²) in [6.07, 6.45) is 9.98. The Morgan fingerprint density at radius 1 is 1.15 bits per heavy atom. The molecular weight excluding hydrogens is 428 g/mol. The zero-order valence-electron chi connectivity index (χ0n) is 20.7. The second-order valence-electron chi connectivity index (χ2n) is 10.6. The first-order valence-electron chi connectivity index (χ1n) is 13.1. The molecule has 2 aliphatic rings. The number of benzene rings is 1. The van der Waals surface area contributed by atoms with Crippen LogP contribution in [-0.4, -0.2) is 39.1 Å². The van der Waals surface area contributed by atoms with Gasteiger partial charge in [-0.3, -0.25) is 4.90 Å². The molecule has 33 heavy (non-hydrogen) atoms. The van der Waals surface area contributed by atoms with Gasteiger partial charge in [0.05, 0.1) is 12.7 Å². The number of hydrogen-bond acceptors (Lipinski definition) is 5. The third-order valence-corrected chi connectivity index (χ3v) is 9.44. The van der Waals surface area contributed by atoms with Crippen LogP contribution in [0.1, 0.15) is 82.9 Å². The largest absolute Gasteiger partial charge is 0.441 e. The van der Waals surface area contributed by atoms with E-state index >= 15 is 0 Å². The number of rotatable bonds is 9. The van der Waals surface area contributed by atoms with Crippen molar-refractivity contribution in [1.82, 2.24) is 9.88 Å². The van der Waals surface area contributed by atoms with Gasteiger partial charge >= 0.3 is 0 Å². The van der Waals surface area contributed by atoms with Gasteiger partial charge in [0, 0.05) is 17.7 Å². The molecule has 1 unspecified atom stereocenters. The van der Waals surface area contributed by atoms with Crippen molar-refractivity contribution in [2.75, 3.05) is 18.8 Å². The van der Waals surface area contributed by atoms with E-state index in [2.05, 4.69) is 42.4 Å². The van der Waals surface area contributed by atoms with Crippen LogP contribution >= 0.6 is 11.8 Å². The van der Waals surface area contributed by atoms with Gasteiger partial charge < -0.3 is 9.52 Å². The monoisotopic (exact) mass is 470 g/mol. The Labute approximate surface area is 204 Å². The van der Waals surface area contributed by atoms with E-state index in [1.807, 2.05) is 36.5 Å². The summed E-state index contributed by atoms with van der Waals surface area (Å²) >= 11 is 2.15. The number of thioether (sulfide) groups is 1. The summed E-state index contributed by atoms with van der Waals surface area (Å²) in [5.41, 5.74) is -0.246. The third kappa shape index (κ3) is 5.86. The molecule has 1 saturated heterocycles. The van der Waals surface area contributed by atoms with E-state index in [1.54, 1.807) is 0 Å². The highest BCUT2D eigenvalue weighted by molar-refractivity contribution is 7.99. The van der Waals surface area contributed by atoms with Crippen molar-refractivity contribution in [3.05, 3.63) is 53.7 Å². The molecule has 1 aliphatic carbocycles. The summed E-state index contributed by atoms with van der Waals surface area (Å²) in [7, 11) is 0. The summed E-state index contributed by atoms with van der Waals surface area (Å²) in [6, 6.07) is 10.0. The number of hydrogen-bond donors (Lipinski definition) is 1. The fourth-order valence-corrected chi connectivity index (χ4v) is 7.22. The number of likely N-dealkylation sites (tertiary alicyclic amines) is 1. The quantitative estimate of drug-likeness (QED) is 0.454. The maximum Gasteiger partial charge on any atom is 0.231 e. The minimum Gasteiger partial charge on any atom is -0.441 e. The fraction of sp³-hybridized carbons (Fsp3) is 0.679. The molecule has 0 bridgehead atoms. The maximum atomic E-state index is 12.1. The Hall–Kier alpha value is -1.30. The first kappa shape index (κ1) is 24.8. The van der Waals surface area contributed by atoms with Gasteiger partial charge in [-0.15, -0.1) is 0 Å². The summed E-state index contributed by atoms with van der Waals surface area (Å²) in [4.78, 5) is 7.19. The molecule has 3 atom stereocenters. The van der Waals surface area contributed by atoms with Crippen molar-refractivity contribution in [3.63, 3.8) is 0 Å². The molecule has 1 N–H and O–H groups in total. The lowest BCUT2D eigenvalue weighted by Crippen LogP contribution is -2.42. The van der Waals surface area contributed by atoms with Crippen LogP contribution in [0.5, 0.6) is 0 Å². The van der Waals surface area contributed by atoms with Gasteiger partial charge in [0.15, 0.2) is 5.60 Å². The van der Waals surface area contributed by atoms with Crippen LogP contribution < -0.4 is 0 Å². The summed E-state index contributed by atoms with van der Waals surface area (Å²) in [5.74, 6) is 4.27. The van der Waals surface area contributed by atoms with Crippen LogP contribution in [0.3, 0.4) is 0 Å². The average Bonchev–Trinajstić information content (AvgIpc) is 3.32. The van der Waals surface area contributed by atoms with Crippen LogP contribution in [0.2, 0.25) is 0 Å². The maximum absolute atomic E-state index is 12.1. The van der Waals surface area contributed by atoms with Crippen molar-refractivity contribution in [3.8, 4) is 0 Å². The van der Waals surface area contributed by atoms with Gasteiger partial charge in [-0.1, -0.05) is 76.8 Å². The lowest BCUT2D eigenvalue weighted by molar-refractivity contribution is -0.0244. The molecular formula is C28H42N2O2S. The standard InChI is InChI=1S/C28H42N2O2S/c1-4-22-15-16-30(19-26(22)33-20-21(2)3)18-25-17-29-27(32-25)28(31,23-11-7-5-8-12-23)24-13-9-6-10-14-24/h5,7-8,11-12,17,21-22,24,26,31H,4,6,9-10,13-16,18-20H2,1-3H3/t22?,26-,28-/m0/s1. The molecule has 2 heterocycles. The molecule has 0 spiro atoms. The minimum atomic E-state index is -1.15. The normalized spacial score (nSPS) is 24.8. The zero-order valence-corrected chi connectivity index (χ0v) is 21.5. The lowest BCUT2D eigenvalue weighted by atomic mass is 9.73. The van der Waals surface area contributed by atoms with Crippen LogP contribution in [0, 0.1) is 17.8 Å². The number of piperidine rings is 1. The van der Waals surface area contributed by atoms with Crippen LogP contribution in [0.25, 0.3) is 0 Å². The predicted octanol–water partition coefficient (Wildman–Crippen LogP) is 6.48. The van der Waals surface area contributed by atoms with E-state index in [0.29, 0.717) is 11.1 Å². The molecule has 1 aromatic heterocycles. The molecule has 2 aromatic rings. The van der Waals surface area contributed by atoms with Gasteiger partial charge in [-0.25, -0.2) is 4.98 Å². The first-order valence-corrected chi connectivity index (χ1v) is 14.1. The number of nitrogens with zero attached hydrogens (tertiary/aromatic N) is 2. The highest BCUT2D eigenvalue weighted by Gasteiger charge is 2.44. The molecule has 5 heteroatoms. The number of oxazole rings is 1. The average molecular weight is 471 g/mol. The number of aliphatic hydroxyl groups is 1. The van der Waals surface area contributed by atoms with Gasteiger partial charge in [0.25, 0.3) is 0 Å². The fourth-order valence-electron chi connectivity index (χ4n) is 5.67. The van der Waals surface area contributed by atoms with Crippen molar-refractivity contribution >= 4 is 11.8 Å².